The zero-order valence-corrected chi connectivity index (χ0v) is 18.0. The average Bonchev–Trinajstić information content (AvgIpc) is 3.45. The third-order valence-corrected chi connectivity index (χ3v) is 4.44. The summed E-state index contributed by atoms with van der Waals surface area (Å²) in [6.07, 6.45) is 0. The van der Waals surface area contributed by atoms with Crippen molar-refractivity contribution < 1.29 is 32.9 Å². The molecule has 0 radical (unpaired) electrons. The molecule has 1 aliphatic rings. The molecule has 1 aromatic heterocycles. The van der Waals surface area contributed by atoms with E-state index >= 15 is 0 Å². The van der Waals surface area contributed by atoms with Crippen LogP contribution >= 0.6 is 0 Å². The quantitative estimate of drug-likeness (QED) is 0.528. The Morgan fingerprint density at radius 1 is 0.938 bits per heavy atom. The van der Waals surface area contributed by atoms with Crippen LogP contribution in [0.25, 0.3) is 11.5 Å². The lowest BCUT2D eigenvalue weighted by molar-refractivity contribution is 0.102. The number of fused-ring (bicyclic) bond motifs is 1. The minimum absolute atomic E-state index is 0.0486. The lowest BCUT2D eigenvalue weighted by Gasteiger charge is -2.16. The van der Waals surface area contributed by atoms with Crippen molar-refractivity contribution in [1.82, 2.24) is 10.2 Å². The van der Waals surface area contributed by atoms with Crippen molar-refractivity contribution >= 4 is 11.9 Å². The summed E-state index contributed by atoms with van der Waals surface area (Å²) in [5.74, 6) is 2.37. The standard InChI is InChI=1S/C22H23N3O7/c1-4-27-17-10-14(11-18(28-5-2)19(17)29-6-3)21-24-25-22(32-21)23-20(26)13-7-8-15-16(9-13)31-12-30-15/h7-11H,4-6,12H2,1-3H3,(H,23,25,26). The Kier molecular flexibility index (Phi) is 6.29. The van der Waals surface area contributed by atoms with E-state index in [2.05, 4.69) is 15.5 Å². The fourth-order valence-electron chi connectivity index (χ4n) is 3.11. The van der Waals surface area contributed by atoms with E-state index in [0.717, 1.165) is 0 Å². The van der Waals surface area contributed by atoms with Gasteiger partial charge in [-0.05, 0) is 51.1 Å². The molecule has 32 heavy (non-hydrogen) atoms. The Balaban J connectivity index is 1.57. The molecule has 3 aromatic rings. The van der Waals surface area contributed by atoms with E-state index in [4.69, 9.17) is 28.1 Å². The number of aromatic nitrogens is 2. The molecule has 0 spiro atoms. The van der Waals surface area contributed by atoms with E-state index in [1.165, 1.54) is 0 Å². The first-order valence-electron chi connectivity index (χ1n) is 10.2. The Labute approximate surface area is 184 Å². The molecule has 0 aliphatic carbocycles. The number of nitrogens with zero attached hydrogens (tertiary/aromatic N) is 2. The van der Waals surface area contributed by atoms with Gasteiger partial charge in [-0.3, -0.25) is 10.1 Å². The number of carbonyl (C=O) groups excluding carboxylic acids is 1. The zero-order chi connectivity index (χ0) is 22.5. The Hall–Kier alpha value is -3.95. The van der Waals surface area contributed by atoms with Gasteiger partial charge < -0.3 is 28.1 Å². The van der Waals surface area contributed by atoms with Gasteiger partial charge in [-0.25, -0.2) is 0 Å². The molecule has 2 aromatic carbocycles. The molecule has 0 saturated heterocycles. The molecular weight excluding hydrogens is 418 g/mol. The summed E-state index contributed by atoms with van der Waals surface area (Å²) in [5, 5.41) is 10.6. The van der Waals surface area contributed by atoms with Gasteiger partial charge in [0.2, 0.25) is 18.4 Å². The Bertz CT molecular complexity index is 1090. The number of rotatable bonds is 9. The first-order valence-corrected chi connectivity index (χ1v) is 10.2. The summed E-state index contributed by atoms with van der Waals surface area (Å²) in [6.45, 7) is 7.09. The van der Waals surface area contributed by atoms with Crippen LogP contribution in [0.5, 0.6) is 28.7 Å². The van der Waals surface area contributed by atoms with Crippen LogP contribution < -0.4 is 29.0 Å². The maximum atomic E-state index is 12.6. The third-order valence-electron chi connectivity index (χ3n) is 4.44. The SMILES string of the molecule is CCOc1cc(-c2nnc(NC(=O)c3ccc4c(c3)OCO4)o2)cc(OCC)c1OCC. The van der Waals surface area contributed by atoms with Crippen molar-refractivity contribution in [2.24, 2.45) is 0 Å². The highest BCUT2D eigenvalue weighted by Gasteiger charge is 2.21. The van der Waals surface area contributed by atoms with E-state index in [0.29, 0.717) is 59.7 Å². The van der Waals surface area contributed by atoms with Crippen molar-refractivity contribution in [3.63, 3.8) is 0 Å². The van der Waals surface area contributed by atoms with E-state index in [1.807, 2.05) is 20.8 Å². The van der Waals surface area contributed by atoms with Gasteiger partial charge in [-0.15, -0.1) is 5.10 Å². The monoisotopic (exact) mass is 441 g/mol. The lowest BCUT2D eigenvalue weighted by Crippen LogP contribution is -2.12. The number of amides is 1. The van der Waals surface area contributed by atoms with Gasteiger partial charge in [0.1, 0.15) is 0 Å². The van der Waals surface area contributed by atoms with Gasteiger partial charge >= 0.3 is 6.01 Å². The van der Waals surface area contributed by atoms with Crippen LogP contribution in [0.2, 0.25) is 0 Å². The number of ether oxygens (including phenoxy) is 5. The van der Waals surface area contributed by atoms with Crippen molar-refractivity contribution in [2.45, 2.75) is 20.8 Å². The van der Waals surface area contributed by atoms with Crippen LogP contribution in [-0.2, 0) is 0 Å². The molecule has 1 aliphatic heterocycles. The third kappa shape index (κ3) is 4.39. The van der Waals surface area contributed by atoms with Gasteiger partial charge in [0.25, 0.3) is 5.91 Å². The van der Waals surface area contributed by atoms with Crippen LogP contribution in [-0.4, -0.2) is 42.7 Å². The molecule has 0 fully saturated rings. The minimum Gasteiger partial charge on any atom is -0.490 e. The van der Waals surface area contributed by atoms with Crippen LogP contribution in [0.4, 0.5) is 6.01 Å². The number of carbonyl (C=O) groups is 1. The number of benzene rings is 2. The molecule has 0 bridgehead atoms. The Morgan fingerprint density at radius 2 is 1.62 bits per heavy atom. The van der Waals surface area contributed by atoms with E-state index in [9.17, 15) is 4.79 Å². The first kappa shape index (κ1) is 21.3. The number of hydrogen-bond donors (Lipinski definition) is 1. The summed E-state index contributed by atoms with van der Waals surface area (Å²) < 4.78 is 33.4. The molecule has 0 unspecified atom stereocenters. The molecule has 4 rings (SSSR count). The highest BCUT2D eigenvalue weighted by molar-refractivity contribution is 6.03. The van der Waals surface area contributed by atoms with Gasteiger partial charge in [0.15, 0.2) is 23.0 Å². The molecule has 1 N–H and O–H groups in total. The van der Waals surface area contributed by atoms with Gasteiger partial charge in [0, 0.05) is 11.1 Å². The fourth-order valence-corrected chi connectivity index (χ4v) is 3.11. The smallest absolute Gasteiger partial charge is 0.322 e. The number of anilines is 1. The maximum Gasteiger partial charge on any atom is 0.322 e. The van der Waals surface area contributed by atoms with Crippen molar-refractivity contribution in [1.29, 1.82) is 0 Å². The molecule has 10 nitrogen and oxygen atoms in total. The normalized spacial score (nSPS) is 11.8. The first-order chi connectivity index (χ1) is 15.6. The summed E-state index contributed by atoms with van der Waals surface area (Å²) >= 11 is 0. The van der Waals surface area contributed by atoms with Crippen LogP contribution in [0.15, 0.2) is 34.7 Å². The van der Waals surface area contributed by atoms with Crippen LogP contribution in [0.3, 0.4) is 0 Å². The number of hydrogen-bond acceptors (Lipinski definition) is 9. The second-order valence-electron chi connectivity index (χ2n) is 6.54. The van der Waals surface area contributed by atoms with Crippen LogP contribution in [0, 0.1) is 0 Å². The highest BCUT2D eigenvalue weighted by Crippen LogP contribution is 2.42. The zero-order valence-electron chi connectivity index (χ0n) is 18.0. The van der Waals surface area contributed by atoms with E-state index < -0.39 is 5.91 Å². The summed E-state index contributed by atoms with van der Waals surface area (Å²) in [5.41, 5.74) is 0.934. The molecule has 0 saturated carbocycles. The predicted molar refractivity (Wildman–Crippen MR) is 114 cm³/mol. The van der Waals surface area contributed by atoms with Crippen LogP contribution in [0.1, 0.15) is 31.1 Å². The molecule has 2 heterocycles. The van der Waals surface area contributed by atoms with Gasteiger partial charge in [-0.1, -0.05) is 5.10 Å². The maximum absolute atomic E-state index is 12.6. The highest BCUT2D eigenvalue weighted by atomic mass is 16.7. The Morgan fingerprint density at radius 3 is 2.31 bits per heavy atom. The molecule has 10 heteroatoms. The van der Waals surface area contributed by atoms with E-state index in [1.54, 1.807) is 30.3 Å². The second-order valence-corrected chi connectivity index (χ2v) is 6.54. The van der Waals surface area contributed by atoms with Gasteiger partial charge in [-0.2, -0.15) is 0 Å². The second kappa shape index (κ2) is 9.46. The summed E-state index contributed by atoms with van der Waals surface area (Å²) in [4.78, 5) is 12.6. The summed E-state index contributed by atoms with van der Waals surface area (Å²) in [7, 11) is 0. The number of nitrogens with one attached hydrogen (secondary N) is 1. The van der Waals surface area contributed by atoms with Crippen molar-refractivity contribution in [3.8, 4) is 40.2 Å². The van der Waals surface area contributed by atoms with Gasteiger partial charge in [0.05, 0.1) is 19.8 Å². The molecular formula is C22H23N3O7. The lowest BCUT2D eigenvalue weighted by atomic mass is 10.2. The topological polar surface area (TPSA) is 114 Å². The summed E-state index contributed by atoms with van der Waals surface area (Å²) in [6, 6.07) is 8.29. The molecule has 168 valence electrons. The van der Waals surface area contributed by atoms with Crippen molar-refractivity contribution in [2.75, 3.05) is 31.9 Å². The molecule has 1 amide bonds. The van der Waals surface area contributed by atoms with Crippen molar-refractivity contribution in [3.05, 3.63) is 35.9 Å². The predicted octanol–water partition coefficient (Wildman–Crippen LogP) is 3.91. The van der Waals surface area contributed by atoms with E-state index in [-0.39, 0.29) is 18.7 Å². The average molecular weight is 441 g/mol. The minimum atomic E-state index is -0.421. The largest absolute Gasteiger partial charge is 0.490 e. The molecule has 0 atom stereocenters. The fraction of sp³-hybridized carbons (Fsp3) is 0.318.